The second-order valence-electron chi connectivity index (χ2n) is 3.21. The van der Waals surface area contributed by atoms with Crippen molar-refractivity contribution in [2.24, 2.45) is 5.84 Å². The molecule has 7 heteroatoms. The molecule has 0 fully saturated rings. The molecule has 0 spiro atoms. The normalized spacial score (nSPS) is 10.1. The molecule has 0 aliphatic heterocycles. The third kappa shape index (κ3) is 2.45. The topological polar surface area (TPSA) is 102 Å². The summed E-state index contributed by atoms with van der Waals surface area (Å²) in [4.78, 5) is 8.21. The lowest BCUT2D eigenvalue weighted by Crippen LogP contribution is -2.12. The van der Waals surface area contributed by atoms with Gasteiger partial charge in [0, 0.05) is 17.8 Å². The zero-order chi connectivity index (χ0) is 11.4. The van der Waals surface area contributed by atoms with Crippen LogP contribution >= 0.6 is 0 Å². The third-order valence-corrected chi connectivity index (χ3v) is 1.93. The molecular weight excluding hydrogens is 208 g/mol. The number of hydrogen-bond donors (Lipinski definition) is 3. The van der Waals surface area contributed by atoms with Crippen LogP contribution in [0.15, 0.2) is 22.9 Å². The van der Waals surface area contributed by atoms with Gasteiger partial charge >= 0.3 is 0 Å². The minimum atomic E-state index is 0.377. The van der Waals surface area contributed by atoms with E-state index in [4.69, 9.17) is 10.4 Å². The predicted molar refractivity (Wildman–Crippen MR) is 58.4 cm³/mol. The summed E-state index contributed by atoms with van der Waals surface area (Å²) in [5.74, 6) is 6.31. The van der Waals surface area contributed by atoms with Crippen LogP contribution in [0.3, 0.4) is 0 Å². The molecule has 7 nitrogen and oxygen atoms in total. The number of anilines is 2. The van der Waals surface area contributed by atoms with Crippen molar-refractivity contribution in [3.8, 4) is 0 Å². The molecule has 84 valence electrons. The second kappa shape index (κ2) is 4.58. The third-order valence-electron chi connectivity index (χ3n) is 1.93. The highest BCUT2D eigenvalue weighted by atomic mass is 16.5. The van der Waals surface area contributed by atoms with Gasteiger partial charge in [-0.25, -0.2) is 10.8 Å². The summed E-state index contributed by atoms with van der Waals surface area (Å²) in [7, 11) is 0. The quantitative estimate of drug-likeness (QED) is 0.514. The van der Waals surface area contributed by atoms with Gasteiger partial charge in [0.25, 0.3) is 0 Å². The van der Waals surface area contributed by atoms with Gasteiger partial charge in [0.15, 0.2) is 0 Å². The minimum absolute atomic E-state index is 0.377. The summed E-state index contributed by atoms with van der Waals surface area (Å²) in [5, 5.41) is 6.87. The maximum absolute atomic E-state index is 5.25. The monoisotopic (exact) mass is 220 g/mol. The Morgan fingerprint density at radius 1 is 1.44 bits per heavy atom. The molecule has 0 aliphatic rings. The highest BCUT2D eigenvalue weighted by molar-refractivity contribution is 5.41. The molecule has 16 heavy (non-hydrogen) atoms. The van der Waals surface area contributed by atoms with E-state index in [9.17, 15) is 0 Å². The molecule has 0 atom stereocenters. The van der Waals surface area contributed by atoms with Crippen molar-refractivity contribution in [1.82, 2.24) is 15.1 Å². The first-order valence-electron chi connectivity index (χ1n) is 4.73. The fourth-order valence-corrected chi connectivity index (χ4v) is 1.23. The van der Waals surface area contributed by atoms with Crippen molar-refractivity contribution in [3.05, 3.63) is 29.8 Å². The van der Waals surface area contributed by atoms with E-state index < -0.39 is 0 Å². The maximum Gasteiger partial charge on any atom is 0.239 e. The number of aryl methyl sites for hydroxylation is 1. The molecule has 0 amide bonds. The van der Waals surface area contributed by atoms with E-state index in [1.54, 1.807) is 6.07 Å². The fourth-order valence-electron chi connectivity index (χ4n) is 1.23. The Morgan fingerprint density at radius 3 is 3.00 bits per heavy atom. The smallest absolute Gasteiger partial charge is 0.239 e. The van der Waals surface area contributed by atoms with E-state index in [1.807, 2.05) is 13.0 Å². The summed E-state index contributed by atoms with van der Waals surface area (Å²) >= 11 is 0. The van der Waals surface area contributed by atoms with E-state index in [2.05, 4.69) is 25.9 Å². The van der Waals surface area contributed by atoms with Gasteiger partial charge in [0.2, 0.25) is 5.95 Å². The number of nitrogens with two attached hydrogens (primary N) is 1. The average Bonchev–Trinajstić information content (AvgIpc) is 2.78. The molecule has 0 unspecified atom stereocenters. The van der Waals surface area contributed by atoms with Crippen molar-refractivity contribution in [2.45, 2.75) is 13.5 Å². The largest absolute Gasteiger partial charge is 0.364 e. The molecule has 0 radical (unpaired) electrons. The van der Waals surface area contributed by atoms with E-state index in [0.29, 0.717) is 18.3 Å². The summed E-state index contributed by atoms with van der Waals surface area (Å²) in [5.41, 5.74) is 4.03. The van der Waals surface area contributed by atoms with Crippen molar-refractivity contribution >= 4 is 11.8 Å². The SMILES string of the molecule is Cc1cc(NCc2ccon2)nc(NN)n1. The van der Waals surface area contributed by atoms with Crippen LogP contribution in [-0.4, -0.2) is 15.1 Å². The van der Waals surface area contributed by atoms with Gasteiger partial charge in [-0.1, -0.05) is 5.16 Å². The Morgan fingerprint density at radius 2 is 2.31 bits per heavy atom. The van der Waals surface area contributed by atoms with Crippen molar-refractivity contribution in [2.75, 3.05) is 10.7 Å². The number of rotatable bonds is 4. The van der Waals surface area contributed by atoms with Crippen LogP contribution in [0.2, 0.25) is 0 Å². The summed E-state index contributed by atoms with van der Waals surface area (Å²) < 4.78 is 4.72. The first-order chi connectivity index (χ1) is 7.78. The Hall–Kier alpha value is -2.15. The van der Waals surface area contributed by atoms with E-state index in [0.717, 1.165) is 11.4 Å². The van der Waals surface area contributed by atoms with Gasteiger partial charge in [0.05, 0.1) is 6.54 Å². The lowest BCUT2D eigenvalue weighted by atomic mass is 10.4. The number of nitrogens with one attached hydrogen (secondary N) is 2. The molecule has 2 rings (SSSR count). The van der Waals surface area contributed by atoms with Crippen molar-refractivity contribution in [1.29, 1.82) is 0 Å². The minimum Gasteiger partial charge on any atom is -0.364 e. The molecule has 0 bridgehead atoms. The van der Waals surface area contributed by atoms with Gasteiger partial charge in [-0.15, -0.1) is 0 Å². The maximum atomic E-state index is 5.25. The Labute approximate surface area is 92.0 Å². The number of nitrogen functional groups attached to an aromatic ring is 1. The van der Waals surface area contributed by atoms with Crippen LogP contribution in [0, 0.1) is 6.92 Å². The number of nitrogens with zero attached hydrogens (tertiary/aromatic N) is 3. The molecule has 0 saturated heterocycles. The first kappa shape index (κ1) is 10.4. The van der Waals surface area contributed by atoms with Crippen LogP contribution in [-0.2, 0) is 6.54 Å². The van der Waals surface area contributed by atoms with E-state index in [-0.39, 0.29) is 0 Å². The summed E-state index contributed by atoms with van der Waals surface area (Å²) in [6, 6.07) is 3.60. The van der Waals surface area contributed by atoms with Crippen LogP contribution < -0.4 is 16.6 Å². The fraction of sp³-hybridized carbons (Fsp3) is 0.222. The summed E-state index contributed by atoms with van der Waals surface area (Å²) in [6.45, 7) is 2.40. The predicted octanol–water partition coefficient (Wildman–Crippen LogP) is 0.671. The number of aromatic nitrogens is 3. The van der Waals surface area contributed by atoms with Crippen LogP contribution in [0.4, 0.5) is 11.8 Å². The van der Waals surface area contributed by atoms with Crippen molar-refractivity contribution < 1.29 is 4.52 Å². The molecular formula is C9H12N6O. The molecule has 0 aromatic carbocycles. The molecule has 2 heterocycles. The van der Waals surface area contributed by atoms with Gasteiger partial charge in [-0.2, -0.15) is 4.98 Å². The highest BCUT2D eigenvalue weighted by Crippen LogP contribution is 2.09. The highest BCUT2D eigenvalue weighted by Gasteiger charge is 2.01. The Kier molecular flexibility index (Phi) is 2.97. The van der Waals surface area contributed by atoms with Crippen LogP contribution in [0.25, 0.3) is 0 Å². The standard InChI is InChI=1S/C9H12N6O/c1-6-4-8(13-9(12-6)14-10)11-5-7-2-3-16-15-7/h2-4H,5,10H2,1H3,(H2,11,12,13,14). The van der Waals surface area contributed by atoms with E-state index in [1.165, 1.54) is 6.26 Å². The first-order valence-corrected chi connectivity index (χ1v) is 4.73. The van der Waals surface area contributed by atoms with Crippen LogP contribution in [0.1, 0.15) is 11.4 Å². The van der Waals surface area contributed by atoms with Crippen LogP contribution in [0.5, 0.6) is 0 Å². The zero-order valence-corrected chi connectivity index (χ0v) is 8.77. The molecule has 2 aromatic heterocycles. The number of hydrogen-bond acceptors (Lipinski definition) is 7. The van der Waals surface area contributed by atoms with Gasteiger partial charge in [-0.3, -0.25) is 5.43 Å². The average molecular weight is 220 g/mol. The van der Waals surface area contributed by atoms with Gasteiger partial charge < -0.3 is 9.84 Å². The molecule has 4 N–H and O–H groups in total. The molecule has 0 saturated carbocycles. The molecule has 2 aromatic rings. The Bertz CT molecular complexity index is 455. The molecule has 0 aliphatic carbocycles. The van der Waals surface area contributed by atoms with E-state index >= 15 is 0 Å². The number of hydrazine groups is 1. The second-order valence-corrected chi connectivity index (χ2v) is 3.21. The zero-order valence-electron chi connectivity index (χ0n) is 8.77. The Balaban J connectivity index is 2.06. The lowest BCUT2D eigenvalue weighted by molar-refractivity contribution is 0.412. The van der Waals surface area contributed by atoms with Gasteiger partial charge in [-0.05, 0) is 6.92 Å². The summed E-state index contributed by atoms with van der Waals surface area (Å²) in [6.07, 6.45) is 1.52. The lowest BCUT2D eigenvalue weighted by Gasteiger charge is -2.06. The van der Waals surface area contributed by atoms with Gasteiger partial charge in [0.1, 0.15) is 17.8 Å². The van der Waals surface area contributed by atoms with Crippen molar-refractivity contribution in [3.63, 3.8) is 0 Å².